The first-order valence-corrected chi connectivity index (χ1v) is 13.9. The Hall–Kier alpha value is -1.99. The second-order valence-electron chi connectivity index (χ2n) is 8.55. The lowest BCUT2D eigenvalue weighted by Crippen LogP contribution is -2.41. The average Bonchev–Trinajstić information content (AvgIpc) is 2.81. The zero-order valence-corrected chi connectivity index (χ0v) is 20.6. The van der Waals surface area contributed by atoms with Gasteiger partial charge in [0.05, 0.1) is 10.6 Å². The van der Waals surface area contributed by atoms with Crippen LogP contribution in [0.15, 0.2) is 59.5 Å². The van der Waals surface area contributed by atoms with Gasteiger partial charge in [-0.15, -0.1) is 0 Å². The van der Waals surface area contributed by atoms with Crippen molar-refractivity contribution in [2.75, 3.05) is 23.1 Å². The number of carbonyl (C=O) groups excluding carboxylic acids is 1. The van der Waals surface area contributed by atoms with Crippen molar-refractivity contribution >= 4 is 33.4 Å². The quantitative estimate of drug-likeness (QED) is 0.482. The normalized spacial score (nSPS) is 15.0. The molecule has 0 radical (unpaired) electrons. The van der Waals surface area contributed by atoms with Gasteiger partial charge in [-0.25, -0.2) is 8.42 Å². The Morgan fingerprint density at radius 1 is 1.03 bits per heavy atom. The smallest absolute Gasteiger partial charge is 0.264 e. The minimum atomic E-state index is -3.86. The number of hydrogen-bond donors (Lipinski definition) is 1. The van der Waals surface area contributed by atoms with Gasteiger partial charge in [0.2, 0.25) is 5.91 Å². The molecule has 2 aromatic rings. The molecule has 0 heterocycles. The fourth-order valence-corrected chi connectivity index (χ4v) is 6.56. The van der Waals surface area contributed by atoms with E-state index in [1.807, 2.05) is 23.9 Å². The molecule has 0 atom stereocenters. The van der Waals surface area contributed by atoms with Crippen LogP contribution >= 0.6 is 11.8 Å². The van der Waals surface area contributed by atoms with Crippen LogP contribution < -0.4 is 9.62 Å². The van der Waals surface area contributed by atoms with Gasteiger partial charge in [0, 0.05) is 17.5 Å². The summed E-state index contributed by atoms with van der Waals surface area (Å²) in [5.74, 6) is 0.903. The van der Waals surface area contributed by atoms with Gasteiger partial charge in [-0.3, -0.25) is 9.10 Å². The summed E-state index contributed by atoms with van der Waals surface area (Å²) < 4.78 is 27.9. The Labute approximate surface area is 197 Å². The standard InChI is InChI=1S/C25H34N2O3S2/c1-20(2)21-13-15-22(16-14-21)27(32(29,30)24-11-7-4-8-12-24)19-25(28)26-17-18-31-23-9-5-3-6-10-23/h4,7-8,11-16,20,23H,3,5-6,9-10,17-19H2,1-2H3,(H,26,28). The number of hydrogen-bond acceptors (Lipinski definition) is 4. The summed E-state index contributed by atoms with van der Waals surface area (Å²) in [6.07, 6.45) is 6.44. The topological polar surface area (TPSA) is 66.5 Å². The van der Waals surface area contributed by atoms with Crippen LogP contribution in [-0.2, 0) is 14.8 Å². The zero-order chi connectivity index (χ0) is 23.0. The molecule has 1 aliphatic carbocycles. The van der Waals surface area contributed by atoms with Crippen LogP contribution in [0.2, 0.25) is 0 Å². The minimum absolute atomic E-state index is 0.175. The van der Waals surface area contributed by atoms with E-state index in [0.29, 0.717) is 23.4 Å². The molecule has 1 saturated carbocycles. The Bertz CT molecular complexity index is 954. The predicted octanol–water partition coefficient (Wildman–Crippen LogP) is 5.19. The molecule has 0 spiro atoms. The largest absolute Gasteiger partial charge is 0.354 e. The number of rotatable bonds is 10. The van der Waals surface area contributed by atoms with Gasteiger partial charge in [-0.05, 0) is 48.6 Å². The number of nitrogens with zero attached hydrogens (tertiary/aromatic N) is 1. The zero-order valence-electron chi connectivity index (χ0n) is 19.0. The van der Waals surface area contributed by atoms with Crippen molar-refractivity contribution in [2.24, 2.45) is 0 Å². The summed E-state index contributed by atoms with van der Waals surface area (Å²) in [6.45, 7) is 4.48. The van der Waals surface area contributed by atoms with Crippen LogP contribution in [0, 0.1) is 0 Å². The molecule has 0 bridgehead atoms. The fraction of sp³-hybridized carbons (Fsp3) is 0.480. The van der Waals surface area contributed by atoms with Crippen molar-refractivity contribution in [3.05, 3.63) is 60.2 Å². The molecular weight excluding hydrogens is 440 g/mol. The van der Waals surface area contributed by atoms with Gasteiger partial charge < -0.3 is 5.32 Å². The van der Waals surface area contributed by atoms with Crippen molar-refractivity contribution in [1.29, 1.82) is 0 Å². The maximum atomic E-state index is 13.4. The molecule has 174 valence electrons. The van der Waals surface area contributed by atoms with Gasteiger partial charge in [0.25, 0.3) is 10.0 Å². The van der Waals surface area contributed by atoms with E-state index in [-0.39, 0.29) is 17.3 Å². The van der Waals surface area contributed by atoms with Gasteiger partial charge in [0.1, 0.15) is 6.54 Å². The van der Waals surface area contributed by atoms with E-state index < -0.39 is 10.0 Å². The van der Waals surface area contributed by atoms with E-state index in [2.05, 4.69) is 19.2 Å². The average molecular weight is 475 g/mol. The Morgan fingerprint density at radius 2 is 1.69 bits per heavy atom. The summed E-state index contributed by atoms with van der Waals surface area (Å²) in [4.78, 5) is 12.9. The Balaban J connectivity index is 1.68. The first-order chi connectivity index (χ1) is 15.4. The maximum absolute atomic E-state index is 13.4. The first-order valence-electron chi connectivity index (χ1n) is 11.4. The van der Waals surface area contributed by atoms with Gasteiger partial charge in [0.15, 0.2) is 0 Å². The van der Waals surface area contributed by atoms with Crippen LogP contribution in [0.1, 0.15) is 57.4 Å². The molecule has 0 unspecified atom stereocenters. The molecule has 1 N–H and O–H groups in total. The number of nitrogens with one attached hydrogen (secondary N) is 1. The number of thioether (sulfide) groups is 1. The predicted molar refractivity (Wildman–Crippen MR) is 134 cm³/mol. The fourth-order valence-electron chi connectivity index (χ4n) is 3.89. The number of carbonyl (C=O) groups is 1. The third-order valence-corrected chi connectivity index (χ3v) is 8.97. The van der Waals surface area contributed by atoms with Crippen LogP contribution in [0.5, 0.6) is 0 Å². The van der Waals surface area contributed by atoms with Crippen molar-refractivity contribution in [3.63, 3.8) is 0 Å². The second kappa shape index (κ2) is 11.8. The first kappa shape index (κ1) is 24.6. The molecule has 3 rings (SSSR count). The lowest BCUT2D eigenvalue weighted by atomic mass is 10.0. The Kier molecular flexibility index (Phi) is 9.05. The van der Waals surface area contributed by atoms with E-state index >= 15 is 0 Å². The molecule has 5 nitrogen and oxygen atoms in total. The van der Waals surface area contributed by atoms with E-state index in [4.69, 9.17) is 0 Å². The van der Waals surface area contributed by atoms with E-state index in [1.165, 1.54) is 36.4 Å². The second-order valence-corrected chi connectivity index (χ2v) is 11.8. The molecule has 1 aliphatic rings. The van der Waals surface area contributed by atoms with Gasteiger partial charge in [-0.1, -0.05) is 63.4 Å². The summed E-state index contributed by atoms with van der Waals surface area (Å²) >= 11 is 1.91. The molecule has 2 aromatic carbocycles. The lowest BCUT2D eigenvalue weighted by molar-refractivity contribution is -0.119. The molecule has 0 aliphatic heterocycles. The monoisotopic (exact) mass is 474 g/mol. The SMILES string of the molecule is CC(C)c1ccc(N(CC(=O)NCCSC2CCCCC2)S(=O)(=O)c2ccccc2)cc1. The van der Waals surface area contributed by atoms with Crippen molar-refractivity contribution in [2.45, 2.75) is 62.0 Å². The highest BCUT2D eigenvalue weighted by molar-refractivity contribution is 7.99. The van der Waals surface area contributed by atoms with Gasteiger partial charge >= 0.3 is 0 Å². The van der Waals surface area contributed by atoms with Crippen LogP contribution in [0.25, 0.3) is 0 Å². The van der Waals surface area contributed by atoms with Crippen molar-refractivity contribution in [3.8, 4) is 0 Å². The molecule has 7 heteroatoms. The summed E-state index contributed by atoms with van der Waals surface area (Å²) in [7, 11) is -3.86. The summed E-state index contributed by atoms with van der Waals surface area (Å²) in [5.41, 5.74) is 1.61. The number of sulfonamides is 1. The summed E-state index contributed by atoms with van der Waals surface area (Å²) in [5, 5.41) is 3.60. The highest BCUT2D eigenvalue weighted by Crippen LogP contribution is 2.28. The number of anilines is 1. The Morgan fingerprint density at radius 3 is 2.31 bits per heavy atom. The van der Waals surface area contributed by atoms with E-state index in [1.54, 1.807) is 42.5 Å². The molecular formula is C25H34N2O3S2. The van der Waals surface area contributed by atoms with Crippen molar-refractivity contribution in [1.82, 2.24) is 5.32 Å². The third kappa shape index (κ3) is 6.75. The maximum Gasteiger partial charge on any atom is 0.264 e. The minimum Gasteiger partial charge on any atom is -0.354 e. The summed E-state index contributed by atoms with van der Waals surface area (Å²) in [6, 6.07) is 15.7. The lowest BCUT2D eigenvalue weighted by Gasteiger charge is -2.25. The third-order valence-electron chi connectivity index (χ3n) is 5.80. The highest BCUT2D eigenvalue weighted by atomic mass is 32.2. The van der Waals surface area contributed by atoms with Crippen LogP contribution in [0.4, 0.5) is 5.69 Å². The highest BCUT2D eigenvalue weighted by Gasteiger charge is 2.27. The van der Waals surface area contributed by atoms with Crippen molar-refractivity contribution < 1.29 is 13.2 Å². The molecule has 1 fully saturated rings. The van der Waals surface area contributed by atoms with E-state index in [9.17, 15) is 13.2 Å². The van der Waals surface area contributed by atoms with Crippen LogP contribution in [0.3, 0.4) is 0 Å². The molecule has 0 saturated heterocycles. The molecule has 32 heavy (non-hydrogen) atoms. The van der Waals surface area contributed by atoms with Crippen LogP contribution in [-0.4, -0.2) is 38.4 Å². The van der Waals surface area contributed by atoms with E-state index in [0.717, 1.165) is 11.3 Å². The molecule has 1 amide bonds. The van der Waals surface area contributed by atoms with Gasteiger partial charge in [-0.2, -0.15) is 11.8 Å². The number of benzene rings is 2. The number of amides is 1. The molecule has 0 aromatic heterocycles.